The lowest BCUT2D eigenvalue weighted by Gasteiger charge is -2.38. The molecule has 14 heavy (non-hydrogen) atoms. The summed E-state index contributed by atoms with van der Waals surface area (Å²) in [6, 6.07) is 0.368. The van der Waals surface area contributed by atoms with Crippen molar-refractivity contribution in [2.75, 3.05) is 12.3 Å². The monoisotopic (exact) mass is 279 g/mol. The van der Waals surface area contributed by atoms with E-state index >= 15 is 0 Å². The third kappa shape index (κ3) is 2.66. The van der Waals surface area contributed by atoms with E-state index in [-0.39, 0.29) is 10.7 Å². The first-order valence-corrected chi connectivity index (χ1v) is 7.10. The molecule has 0 aromatic carbocycles. The molecule has 0 saturated carbocycles. The average molecular weight is 280 g/mol. The second-order valence-corrected chi connectivity index (χ2v) is 6.31. The molecule has 1 fully saturated rings. The molecule has 0 aromatic heterocycles. The lowest BCUT2D eigenvalue weighted by atomic mass is 10.2. The van der Waals surface area contributed by atoms with E-state index in [2.05, 4.69) is 29.8 Å². The number of carbonyl (C=O) groups is 1. The van der Waals surface area contributed by atoms with Gasteiger partial charge in [-0.2, -0.15) is 11.8 Å². The fourth-order valence-electron chi connectivity index (χ4n) is 1.60. The van der Waals surface area contributed by atoms with Crippen LogP contribution in [0.15, 0.2) is 0 Å². The van der Waals surface area contributed by atoms with Crippen molar-refractivity contribution in [2.45, 2.75) is 43.3 Å². The predicted octanol–water partition coefficient (Wildman–Crippen LogP) is 2.51. The van der Waals surface area contributed by atoms with Gasteiger partial charge in [-0.25, -0.2) is 0 Å². The number of hydrogen-bond donors (Lipinski definition) is 0. The number of hydrogen-bond acceptors (Lipinski definition) is 2. The van der Waals surface area contributed by atoms with Gasteiger partial charge in [0.05, 0.1) is 4.83 Å². The van der Waals surface area contributed by atoms with E-state index in [0.29, 0.717) is 11.3 Å². The van der Waals surface area contributed by atoms with Crippen molar-refractivity contribution < 1.29 is 4.79 Å². The third-order valence-electron chi connectivity index (χ3n) is 2.79. The summed E-state index contributed by atoms with van der Waals surface area (Å²) in [5.74, 6) is 1.33. The fourth-order valence-corrected chi connectivity index (χ4v) is 2.96. The second-order valence-electron chi connectivity index (χ2n) is 3.72. The number of amides is 1. The molecule has 1 saturated heterocycles. The molecule has 0 N–H and O–H groups in total. The van der Waals surface area contributed by atoms with Crippen LogP contribution >= 0.6 is 27.7 Å². The summed E-state index contributed by atoms with van der Waals surface area (Å²) in [5, 5.41) is 0.559. The summed E-state index contributed by atoms with van der Waals surface area (Å²) in [4.78, 5) is 14.0. The highest BCUT2D eigenvalue weighted by atomic mass is 79.9. The number of thioether (sulfide) groups is 1. The summed E-state index contributed by atoms with van der Waals surface area (Å²) >= 11 is 5.38. The quantitative estimate of drug-likeness (QED) is 0.724. The largest absolute Gasteiger partial charge is 0.337 e. The van der Waals surface area contributed by atoms with Gasteiger partial charge in [0, 0.05) is 23.6 Å². The first kappa shape index (κ1) is 12.4. The Balaban J connectivity index is 2.62. The number of carbonyl (C=O) groups excluding carboxylic acids is 1. The van der Waals surface area contributed by atoms with Gasteiger partial charge in [-0.1, -0.05) is 29.8 Å². The van der Waals surface area contributed by atoms with Crippen LogP contribution in [0.2, 0.25) is 0 Å². The Bertz CT molecular complexity index is 212. The minimum Gasteiger partial charge on any atom is -0.337 e. The van der Waals surface area contributed by atoms with Crippen LogP contribution in [0, 0.1) is 0 Å². The molecule has 3 unspecified atom stereocenters. The molecule has 0 spiro atoms. The summed E-state index contributed by atoms with van der Waals surface area (Å²) in [6.45, 7) is 7.27. The topological polar surface area (TPSA) is 20.3 Å². The number of rotatable bonds is 2. The van der Waals surface area contributed by atoms with Crippen LogP contribution < -0.4 is 0 Å². The molecule has 1 aliphatic heterocycles. The van der Waals surface area contributed by atoms with Gasteiger partial charge in [-0.3, -0.25) is 4.79 Å². The highest BCUT2D eigenvalue weighted by molar-refractivity contribution is 9.10. The zero-order chi connectivity index (χ0) is 10.7. The van der Waals surface area contributed by atoms with Gasteiger partial charge in [-0.15, -0.1) is 0 Å². The summed E-state index contributed by atoms with van der Waals surface area (Å²) in [5.41, 5.74) is 0. The summed E-state index contributed by atoms with van der Waals surface area (Å²) in [6.07, 6.45) is 0.865. The van der Waals surface area contributed by atoms with E-state index in [9.17, 15) is 4.79 Å². The maximum absolute atomic E-state index is 12.0. The molecule has 1 aliphatic rings. The highest BCUT2D eigenvalue weighted by Gasteiger charge is 2.31. The minimum atomic E-state index is 0.000231. The van der Waals surface area contributed by atoms with Gasteiger partial charge in [0.2, 0.25) is 5.91 Å². The van der Waals surface area contributed by atoms with E-state index in [1.54, 1.807) is 0 Å². The Morgan fingerprint density at radius 1 is 1.64 bits per heavy atom. The van der Waals surface area contributed by atoms with Crippen molar-refractivity contribution >= 4 is 33.6 Å². The second kappa shape index (κ2) is 5.40. The smallest absolute Gasteiger partial charge is 0.236 e. The third-order valence-corrected chi connectivity index (χ3v) is 5.17. The van der Waals surface area contributed by atoms with Crippen LogP contribution in [0.3, 0.4) is 0 Å². The zero-order valence-electron chi connectivity index (χ0n) is 9.00. The Kier molecular flexibility index (Phi) is 4.77. The van der Waals surface area contributed by atoms with Crippen molar-refractivity contribution in [1.29, 1.82) is 0 Å². The van der Waals surface area contributed by atoms with Crippen LogP contribution in [-0.4, -0.2) is 39.2 Å². The lowest BCUT2D eigenvalue weighted by Crippen LogP contribution is -2.50. The Labute approximate surface area is 98.9 Å². The van der Waals surface area contributed by atoms with Crippen molar-refractivity contribution in [3.63, 3.8) is 0 Å². The van der Waals surface area contributed by atoms with E-state index in [1.807, 2.05) is 23.6 Å². The fraction of sp³-hybridized carbons (Fsp3) is 0.900. The molecule has 1 rings (SSSR count). The summed E-state index contributed by atoms with van der Waals surface area (Å²) < 4.78 is 0. The SMILES string of the molecule is CCC(Br)C(=O)N1CCSC(C)C1C. The van der Waals surface area contributed by atoms with Gasteiger partial charge in [0.25, 0.3) is 0 Å². The van der Waals surface area contributed by atoms with Crippen LogP contribution in [0.4, 0.5) is 0 Å². The normalized spacial score (nSPS) is 30.1. The maximum atomic E-state index is 12.0. The molecule has 1 heterocycles. The first-order valence-electron chi connectivity index (χ1n) is 5.14. The van der Waals surface area contributed by atoms with Gasteiger partial charge in [-0.05, 0) is 13.3 Å². The lowest BCUT2D eigenvalue weighted by molar-refractivity contribution is -0.132. The molecule has 0 radical (unpaired) electrons. The molecular formula is C10H18BrNOS. The predicted molar refractivity (Wildman–Crippen MR) is 66.1 cm³/mol. The number of halogens is 1. The van der Waals surface area contributed by atoms with Gasteiger partial charge in [0.15, 0.2) is 0 Å². The molecule has 82 valence electrons. The molecule has 0 aliphatic carbocycles. The van der Waals surface area contributed by atoms with Gasteiger partial charge in [0.1, 0.15) is 0 Å². The van der Waals surface area contributed by atoms with Crippen LogP contribution in [0.5, 0.6) is 0 Å². The minimum absolute atomic E-state index is 0.000231. The molecule has 0 aromatic rings. The Morgan fingerprint density at radius 3 is 2.86 bits per heavy atom. The van der Waals surface area contributed by atoms with Crippen molar-refractivity contribution in [1.82, 2.24) is 4.90 Å². The molecular weight excluding hydrogens is 262 g/mol. The van der Waals surface area contributed by atoms with Gasteiger partial charge < -0.3 is 4.90 Å². The van der Waals surface area contributed by atoms with Crippen LogP contribution in [0.1, 0.15) is 27.2 Å². The first-order chi connectivity index (χ1) is 6.57. The molecule has 0 bridgehead atoms. The van der Waals surface area contributed by atoms with Crippen LogP contribution in [-0.2, 0) is 4.79 Å². The maximum Gasteiger partial charge on any atom is 0.236 e. The van der Waals surface area contributed by atoms with Crippen molar-refractivity contribution in [2.24, 2.45) is 0 Å². The average Bonchev–Trinajstić information content (AvgIpc) is 2.20. The van der Waals surface area contributed by atoms with Crippen molar-refractivity contribution in [3.05, 3.63) is 0 Å². The standard InChI is InChI=1S/C10H18BrNOS/c1-4-9(11)10(13)12-5-6-14-8(3)7(12)2/h7-9H,4-6H2,1-3H3. The Hall–Kier alpha value is 0.300. The van der Waals surface area contributed by atoms with E-state index in [1.165, 1.54) is 0 Å². The van der Waals surface area contributed by atoms with Crippen molar-refractivity contribution in [3.8, 4) is 0 Å². The zero-order valence-corrected chi connectivity index (χ0v) is 11.4. The van der Waals surface area contributed by atoms with E-state index in [0.717, 1.165) is 18.7 Å². The van der Waals surface area contributed by atoms with Crippen LogP contribution in [0.25, 0.3) is 0 Å². The molecule has 3 atom stereocenters. The number of alkyl halides is 1. The Morgan fingerprint density at radius 2 is 2.29 bits per heavy atom. The molecule has 4 heteroatoms. The van der Waals surface area contributed by atoms with E-state index < -0.39 is 0 Å². The van der Waals surface area contributed by atoms with E-state index in [4.69, 9.17) is 0 Å². The van der Waals surface area contributed by atoms with Gasteiger partial charge >= 0.3 is 0 Å². The molecule has 2 nitrogen and oxygen atoms in total. The summed E-state index contributed by atoms with van der Waals surface area (Å²) in [7, 11) is 0. The molecule has 1 amide bonds. The number of nitrogens with zero attached hydrogens (tertiary/aromatic N) is 1. The highest BCUT2D eigenvalue weighted by Crippen LogP contribution is 2.25.